The van der Waals surface area contributed by atoms with Gasteiger partial charge in [-0.2, -0.15) is 0 Å². The van der Waals surface area contributed by atoms with Crippen LogP contribution in [0.1, 0.15) is 38.0 Å². The predicted molar refractivity (Wildman–Crippen MR) is 68.7 cm³/mol. The number of aryl methyl sites for hydroxylation is 1. The Hall–Kier alpha value is -1.35. The topological polar surface area (TPSA) is 46.5 Å². The summed E-state index contributed by atoms with van der Waals surface area (Å²) in [5.74, 6) is -0.943. The molecule has 0 bridgehead atoms. The van der Waals surface area contributed by atoms with Gasteiger partial charge >= 0.3 is 5.97 Å². The average molecular weight is 238 g/mol. The average Bonchev–Trinajstić information content (AvgIpc) is 2.39. The second-order valence-corrected chi connectivity index (χ2v) is 3.61. The van der Waals surface area contributed by atoms with Crippen LogP contribution in [0, 0.1) is 12.8 Å². The highest BCUT2D eigenvalue weighted by Crippen LogP contribution is 2.25. The number of methoxy groups -OCH3 is 1. The van der Waals surface area contributed by atoms with E-state index < -0.39 is 18.0 Å². The molecule has 0 aliphatic rings. The van der Waals surface area contributed by atoms with E-state index in [2.05, 4.69) is 4.74 Å². The molecule has 1 N–H and O–H groups in total. The van der Waals surface area contributed by atoms with Crippen molar-refractivity contribution in [1.82, 2.24) is 0 Å². The first-order valence-electron chi connectivity index (χ1n) is 5.89. The number of carbonyl (C=O) groups excluding carboxylic acids is 1. The van der Waals surface area contributed by atoms with Gasteiger partial charge in [-0.15, -0.1) is 0 Å². The zero-order valence-electron chi connectivity index (χ0n) is 11.2. The lowest BCUT2D eigenvalue weighted by Crippen LogP contribution is -2.21. The SMILES string of the molecule is CC.COC(=O)C(C)C(O)c1ccccc1C. The van der Waals surface area contributed by atoms with E-state index in [1.165, 1.54) is 7.11 Å². The Morgan fingerprint density at radius 1 is 1.29 bits per heavy atom. The van der Waals surface area contributed by atoms with E-state index in [4.69, 9.17) is 0 Å². The quantitative estimate of drug-likeness (QED) is 0.824. The van der Waals surface area contributed by atoms with E-state index in [-0.39, 0.29) is 0 Å². The minimum absolute atomic E-state index is 0.397. The van der Waals surface area contributed by atoms with Crippen molar-refractivity contribution in [3.05, 3.63) is 35.4 Å². The lowest BCUT2D eigenvalue weighted by molar-refractivity contribution is -0.148. The summed E-state index contributed by atoms with van der Waals surface area (Å²) in [7, 11) is 1.32. The maximum Gasteiger partial charge on any atom is 0.311 e. The molecule has 0 heterocycles. The maximum absolute atomic E-state index is 11.3. The molecule has 3 heteroatoms. The van der Waals surface area contributed by atoms with Crippen LogP contribution in [0.5, 0.6) is 0 Å². The molecule has 3 nitrogen and oxygen atoms in total. The van der Waals surface area contributed by atoms with Gasteiger partial charge in [0, 0.05) is 0 Å². The van der Waals surface area contributed by atoms with Crippen LogP contribution in [0.4, 0.5) is 0 Å². The highest BCUT2D eigenvalue weighted by molar-refractivity contribution is 5.72. The zero-order chi connectivity index (χ0) is 13.4. The Morgan fingerprint density at radius 3 is 2.29 bits per heavy atom. The monoisotopic (exact) mass is 238 g/mol. The van der Waals surface area contributed by atoms with Gasteiger partial charge in [0.1, 0.15) is 0 Å². The van der Waals surface area contributed by atoms with Crippen LogP contribution in [0.15, 0.2) is 24.3 Å². The van der Waals surface area contributed by atoms with Crippen LogP contribution in [0.2, 0.25) is 0 Å². The number of hydrogen-bond acceptors (Lipinski definition) is 3. The molecule has 0 spiro atoms. The number of aliphatic hydroxyl groups excluding tert-OH is 1. The van der Waals surface area contributed by atoms with Crippen molar-refractivity contribution in [3.63, 3.8) is 0 Å². The summed E-state index contributed by atoms with van der Waals surface area (Å²) in [5.41, 5.74) is 1.75. The molecule has 2 atom stereocenters. The van der Waals surface area contributed by atoms with Crippen LogP contribution in [-0.2, 0) is 9.53 Å². The third-order valence-corrected chi connectivity index (χ3v) is 2.55. The zero-order valence-corrected chi connectivity index (χ0v) is 11.2. The molecular formula is C14H22O3. The van der Waals surface area contributed by atoms with Gasteiger partial charge in [0.2, 0.25) is 0 Å². The van der Waals surface area contributed by atoms with Gasteiger partial charge in [0.05, 0.1) is 19.1 Å². The van der Waals surface area contributed by atoms with E-state index in [0.29, 0.717) is 0 Å². The molecule has 1 rings (SSSR count). The third kappa shape index (κ3) is 4.19. The van der Waals surface area contributed by atoms with Crippen molar-refractivity contribution in [2.75, 3.05) is 7.11 Å². The molecular weight excluding hydrogens is 216 g/mol. The number of esters is 1. The summed E-state index contributed by atoms with van der Waals surface area (Å²) in [6, 6.07) is 7.46. The molecule has 0 aromatic heterocycles. The summed E-state index contributed by atoms with van der Waals surface area (Å²) in [5, 5.41) is 9.97. The largest absolute Gasteiger partial charge is 0.469 e. The smallest absolute Gasteiger partial charge is 0.311 e. The van der Waals surface area contributed by atoms with Crippen molar-refractivity contribution < 1.29 is 14.6 Å². The molecule has 1 aromatic carbocycles. The van der Waals surface area contributed by atoms with E-state index in [1.807, 2.05) is 45.0 Å². The highest BCUT2D eigenvalue weighted by atomic mass is 16.5. The van der Waals surface area contributed by atoms with E-state index in [0.717, 1.165) is 11.1 Å². The molecule has 2 unspecified atom stereocenters. The molecule has 0 saturated carbocycles. The first-order chi connectivity index (χ1) is 8.07. The Morgan fingerprint density at radius 2 is 1.82 bits per heavy atom. The molecule has 1 aromatic rings. The highest BCUT2D eigenvalue weighted by Gasteiger charge is 2.24. The molecule has 17 heavy (non-hydrogen) atoms. The van der Waals surface area contributed by atoms with Crippen LogP contribution in [0.25, 0.3) is 0 Å². The van der Waals surface area contributed by atoms with Gasteiger partial charge in [-0.05, 0) is 25.0 Å². The van der Waals surface area contributed by atoms with Crippen molar-refractivity contribution >= 4 is 5.97 Å². The number of ether oxygens (including phenoxy) is 1. The normalized spacial score (nSPS) is 13.1. The summed E-state index contributed by atoms with van der Waals surface area (Å²) in [4.78, 5) is 11.3. The summed E-state index contributed by atoms with van der Waals surface area (Å²) in [6.45, 7) is 7.56. The second-order valence-electron chi connectivity index (χ2n) is 3.61. The number of hydrogen-bond donors (Lipinski definition) is 1. The molecule has 0 saturated heterocycles. The third-order valence-electron chi connectivity index (χ3n) is 2.55. The molecule has 0 aliphatic carbocycles. The number of benzene rings is 1. The fourth-order valence-electron chi connectivity index (χ4n) is 1.50. The fraction of sp³-hybridized carbons (Fsp3) is 0.500. The Kier molecular flexibility index (Phi) is 7.22. The minimum atomic E-state index is -0.807. The Labute approximate surface area is 103 Å². The van der Waals surface area contributed by atoms with Gasteiger partial charge in [-0.1, -0.05) is 38.1 Å². The number of rotatable bonds is 3. The first kappa shape index (κ1) is 15.7. The van der Waals surface area contributed by atoms with Crippen molar-refractivity contribution in [2.45, 2.75) is 33.8 Å². The van der Waals surface area contributed by atoms with Crippen LogP contribution >= 0.6 is 0 Å². The van der Waals surface area contributed by atoms with Crippen LogP contribution < -0.4 is 0 Å². The molecule has 0 amide bonds. The summed E-state index contributed by atoms with van der Waals surface area (Å²) >= 11 is 0. The molecule has 96 valence electrons. The molecule has 0 radical (unpaired) electrons. The van der Waals surface area contributed by atoms with E-state index in [1.54, 1.807) is 6.92 Å². The Bertz CT molecular complexity index is 347. The molecule has 0 fully saturated rings. The Balaban J connectivity index is 0.00000121. The van der Waals surface area contributed by atoms with E-state index in [9.17, 15) is 9.90 Å². The van der Waals surface area contributed by atoms with Gasteiger partial charge in [0.15, 0.2) is 0 Å². The van der Waals surface area contributed by atoms with Crippen molar-refractivity contribution in [2.24, 2.45) is 5.92 Å². The fourth-order valence-corrected chi connectivity index (χ4v) is 1.50. The van der Waals surface area contributed by atoms with Gasteiger partial charge < -0.3 is 9.84 Å². The van der Waals surface area contributed by atoms with E-state index >= 15 is 0 Å². The second kappa shape index (κ2) is 7.85. The number of carbonyl (C=O) groups is 1. The van der Waals surface area contributed by atoms with Crippen molar-refractivity contribution in [3.8, 4) is 0 Å². The molecule has 0 aliphatic heterocycles. The summed E-state index contributed by atoms with van der Waals surface area (Å²) in [6.07, 6.45) is -0.807. The maximum atomic E-state index is 11.3. The standard InChI is InChI=1S/C12H16O3.C2H6/c1-8-6-4-5-7-10(8)11(13)9(2)12(14)15-3;1-2/h4-7,9,11,13H,1-3H3;1-2H3. The lowest BCUT2D eigenvalue weighted by atomic mass is 9.94. The van der Waals surface area contributed by atoms with Gasteiger partial charge in [0.25, 0.3) is 0 Å². The minimum Gasteiger partial charge on any atom is -0.469 e. The lowest BCUT2D eigenvalue weighted by Gasteiger charge is -2.18. The number of aliphatic hydroxyl groups is 1. The summed E-state index contributed by atoms with van der Waals surface area (Å²) < 4.78 is 4.60. The van der Waals surface area contributed by atoms with Gasteiger partial charge in [-0.3, -0.25) is 4.79 Å². The van der Waals surface area contributed by atoms with Crippen molar-refractivity contribution in [1.29, 1.82) is 0 Å². The van der Waals surface area contributed by atoms with Crippen LogP contribution in [-0.4, -0.2) is 18.2 Å². The van der Waals surface area contributed by atoms with Gasteiger partial charge in [-0.25, -0.2) is 0 Å². The first-order valence-corrected chi connectivity index (χ1v) is 5.89. The predicted octanol–water partition coefficient (Wildman–Crippen LogP) is 2.86. The van der Waals surface area contributed by atoms with Crippen LogP contribution in [0.3, 0.4) is 0 Å².